The lowest BCUT2D eigenvalue weighted by Crippen LogP contribution is -2.05. The van der Waals surface area contributed by atoms with Crippen LogP contribution in [0.3, 0.4) is 0 Å². The molecule has 0 saturated carbocycles. The molecule has 0 aliphatic heterocycles. The fourth-order valence-corrected chi connectivity index (χ4v) is 5.55. The van der Waals surface area contributed by atoms with Crippen LogP contribution in [0.15, 0.2) is 60.4 Å². The van der Waals surface area contributed by atoms with E-state index in [9.17, 15) is 4.79 Å². The van der Waals surface area contributed by atoms with E-state index in [0.717, 1.165) is 59.9 Å². The Bertz CT molecular complexity index is 1510. The zero-order chi connectivity index (χ0) is 20.8. The van der Waals surface area contributed by atoms with Gasteiger partial charge in [-0.25, -0.2) is 0 Å². The molecule has 0 aliphatic carbocycles. The Morgan fingerprint density at radius 3 is 2.47 bits per heavy atom. The Morgan fingerprint density at radius 2 is 1.73 bits per heavy atom. The third-order valence-electron chi connectivity index (χ3n) is 5.50. The van der Waals surface area contributed by atoms with E-state index in [1.807, 2.05) is 54.6 Å². The van der Waals surface area contributed by atoms with Crippen LogP contribution in [-0.4, -0.2) is 16.9 Å². The van der Waals surface area contributed by atoms with E-state index in [2.05, 4.69) is 13.2 Å². The van der Waals surface area contributed by atoms with Gasteiger partial charge in [0.25, 0.3) is 0 Å². The van der Waals surface area contributed by atoms with Crippen molar-refractivity contribution in [2.75, 3.05) is 12.4 Å². The van der Waals surface area contributed by atoms with Crippen LogP contribution in [0.5, 0.6) is 5.75 Å². The highest BCUT2D eigenvalue weighted by Crippen LogP contribution is 2.46. The van der Waals surface area contributed by atoms with Gasteiger partial charge >= 0.3 is 0 Å². The predicted molar refractivity (Wildman–Crippen MR) is 133 cm³/mol. The van der Waals surface area contributed by atoms with Gasteiger partial charge in [-0.05, 0) is 45.9 Å². The molecule has 0 bridgehead atoms. The van der Waals surface area contributed by atoms with Gasteiger partial charge in [-0.2, -0.15) is 0 Å². The fourth-order valence-electron chi connectivity index (χ4n) is 4.25. The van der Waals surface area contributed by atoms with E-state index in [0.29, 0.717) is 23.1 Å². The molecule has 0 amide bonds. The van der Waals surface area contributed by atoms with Gasteiger partial charge in [0.1, 0.15) is 5.75 Å². The van der Waals surface area contributed by atoms with Crippen molar-refractivity contribution in [3.63, 3.8) is 0 Å². The third-order valence-corrected chi connectivity index (χ3v) is 7.06. The first kappa shape index (κ1) is 19.1. The minimum atomic E-state index is 0.0459. The van der Waals surface area contributed by atoms with Gasteiger partial charge in [0, 0.05) is 26.4 Å². The Morgan fingerprint density at radius 1 is 0.967 bits per heavy atom. The second-order valence-corrected chi connectivity index (χ2v) is 8.73. The molecule has 0 fully saturated rings. The minimum absolute atomic E-state index is 0.0459. The van der Waals surface area contributed by atoms with Crippen LogP contribution in [0.4, 0.5) is 0 Å². The Labute approximate surface area is 181 Å². The lowest BCUT2D eigenvalue weighted by Gasteiger charge is -2.18. The van der Waals surface area contributed by atoms with Crippen LogP contribution in [0.25, 0.3) is 54.6 Å². The Balaban J connectivity index is 2.06. The summed E-state index contributed by atoms with van der Waals surface area (Å²) in [5.41, 5.74) is 1.05. The summed E-state index contributed by atoms with van der Waals surface area (Å²) in [6.45, 7) is 8.36. The van der Waals surface area contributed by atoms with Gasteiger partial charge in [-0.1, -0.05) is 55.6 Å². The maximum absolute atomic E-state index is 13.3. The van der Waals surface area contributed by atoms with Gasteiger partial charge in [-0.3, -0.25) is 4.79 Å². The first-order valence-corrected chi connectivity index (χ1v) is 11.3. The lowest BCUT2D eigenvalue weighted by molar-refractivity contribution is 0.347. The molecule has 0 atom stereocenters. The van der Waals surface area contributed by atoms with Crippen LogP contribution in [0.1, 0.15) is 10.4 Å². The average molecular weight is 431 g/mol. The van der Waals surface area contributed by atoms with Crippen molar-refractivity contribution in [2.24, 2.45) is 0 Å². The highest BCUT2D eigenvalue weighted by atomic mass is 32.2. The number of rotatable bonds is 6. The lowest BCUT2D eigenvalue weighted by atomic mass is 9.91. The van der Waals surface area contributed by atoms with Crippen molar-refractivity contribution in [3.8, 4) is 5.75 Å². The second kappa shape index (κ2) is 7.43. The number of fused-ring (bicyclic) bond motifs is 2. The van der Waals surface area contributed by atoms with Crippen molar-refractivity contribution >= 4 is 77.9 Å². The van der Waals surface area contributed by atoms with Crippen LogP contribution in [-0.2, 0) is 0 Å². The summed E-state index contributed by atoms with van der Waals surface area (Å²) in [4.78, 5) is 14.3. The summed E-state index contributed by atoms with van der Waals surface area (Å²) in [6, 6.07) is 13.7. The van der Waals surface area contributed by atoms with E-state index >= 15 is 0 Å². The summed E-state index contributed by atoms with van der Waals surface area (Å²) in [5, 5.41) is 6.35. The maximum Gasteiger partial charge on any atom is 0.194 e. The first-order valence-electron chi connectivity index (χ1n) is 9.54. The zero-order valence-electron chi connectivity index (χ0n) is 16.1. The number of hydrogen-bond acceptors (Lipinski definition) is 5. The molecule has 5 rings (SSSR count). The van der Waals surface area contributed by atoms with Gasteiger partial charge in [-0.15, -0.1) is 11.3 Å². The van der Waals surface area contributed by atoms with E-state index < -0.39 is 0 Å². The van der Waals surface area contributed by atoms with Crippen molar-refractivity contribution in [1.82, 2.24) is 0 Å². The maximum atomic E-state index is 13.3. The highest BCUT2D eigenvalue weighted by Gasteiger charge is 2.20. The first-order chi connectivity index (χ1) is 14.7. The van der Waals surface area contributed by atoms with E-state index in [-0.39, 0.29) is 5.43 Å². The van der Waals surface area contributed by atoms with Crippen LogP contribution in [0.2, 0.25) is 0 Å². The molecule has 1 heterocycles. The smallest absolute Gasteiger partial charge is 0.194 e. The number of ether oxygens (including phenoxy) is 1. The number of benzene rings is 4. The molecular formula is C25H18O3S2. The molecule has 0 unspecified atom stereocenters. The molecule has 0 spiro atoms. The van der Waals surface area contributed by atoms with Crippen LogP contribution in [0, 0.1) is 0 Å². The molecule has 0 radical (unpaired) electrons. The molecule has 30 heavy (non-hydrogen) atoms. The number of hydrogen-bond donors (Lipinski definition) is 1. The standard InChI is InChI=1S/C25H18O3S2/c1-3-14-16-9-10-18-22-19(15-7-5-6-8-17(15)24(18)26)13-20(28-11-12-29-27)25(23(16)22)30-21(14)4-2/h3-10,13,27H,1-2,11-12H2. The molecule has 4 aromatic carbocycles. The van der Waals surface area contributed by atoms with Gasteiger partial charge < -0.3 is 9.29 Å². The minimum Gasteiger partial charge on any atom is -0.491 e. The predicted octanol–water partition coefficient (Wildman–Crippen LogP) is 7.03. The fraction of sp³-hybridized carbons (Fsp3) is 0.0800. The molecule has 0 aliphatic rings. The summed E-state index contributed by atoms with van der Waals surface area (Å²) < 4.78 is 16.2. The molecule has 3 nitrogen and oxygen atoms in total. The van der Waals surface area contributed by atoms with Crippen molar-refractivity contribution in [3.05, 3.63) is 76.3 Å². The summed E-state index contributed by atoms with van der Waals surface area (Å²) in [6.07, 6.45) is 3.68. The molecule has 0 saturated heterocycles. The average Bonchev–Trinajstić information content (AvgIpc) is 2.79. The van der Waals surface area contributed by atoms with Crippen molar-refractivity contribution in [2.45, 2.75) is 0 Å². The summed E-state index contributed by atoms with van der Waals surface area (Å²) >= 11 is 2.35. The third kappa shape index (κ3) is 2.67. The zero-order valence-corrected chi connectivity index (χ0v) is 17.7. The van der Waals surface area contributed by atoms with Crippen molar-refractivity contribution in [1.29, 1.82) is 0 Å². The summed E-state index contributed by atoms with van der Waals surface area (Å²) in [5.74, 6) is 1.23. The van der Waals surface area contributed by atoms with Gasteiger partial charge in [0.2, 0.25) is 0 Å². The molecule has 1 aromatic heterocycles. The van der Waals surface area contributed by atoms with Crippen LogP contribution < -0.4 is 10.2 Å². The topological polar surface area (TPSA) is 46.5 Å². The molecule has 148 valence electrons. The molecule has 5 aromatic rings. The SMILES string of the molecule is C=Cc1sc2c(OCCSO)cc3c4ccccc4c(=O)c4ccc(c1C=C)c2c43. The molecule has 5 heteroatoms. The van der Waals surface area contributed by atoms with Gasteiger partial charge in [0.05, 0.1) is 17.1 Å². The monoisotopic (exact) mass is 430 g/mol. The highest BCUT2D eigenvalue weighted by molar-refractivity contribution is 7.93. The van der Waals surface area contributed by atoms with Crippen molar-refractivity contribution < 1.29 is 9.29 Å². The molecule has 1 N–H and O–H groups in total. The second-order valence-electron chi connectivity index (χ2n) is 7.01. The normalized spacial score (nSPS) is 11.6. The quantitative estimate of drug-likeness (QED) is 0.136. The van der Waals surface area contributed by atoms with Gasteiger partial charge in [0.15, 0.2) is 5.43 Å². The Kier molecular flexibility index (Phi) is 4.74. The van der Waals surface area contributed by atoms with Crippen LogP contribution >= 0.6 is 23.4 Å². The van der Waals surface area contributed by atoms with E-state index in [1.165, 1.54) is 0 Å². The summed E-state index contributed by atoms with van der Waals surface area (Å²) in [7, 11) is 0. The Hall–Kier alpha value is -2.86. The molecular weight excluding hydrogens is 412 g/mol. The van der Waals surface area contributed by atoms with E-state index in [1.54, 1.807) is 11.3 Å². The van der Waals surface area contributed by atoms with E-state index in [4.69, 9.17) is 9.29 Å². The largest absolute Gasteiger partial charge is 0.491 e.